The van der Waals surface area contributed by atoms with Gasteiger partial charge in [-0.25, -0.2) is 5.14 Å². The highest BCUT2D eigenvalue weighted by molar-refractivity contribution is 7.86. The number of phenols is 1. The average molecular weight is 315 g/mol. The lowest BCUT2D eigenvalue weighted by Crippen LogP contribution is -2.39. The van der Waals surface area contributed by atoms with E-state index >= 15 is 0 Å². The number of benzene rings is 1. The number of hydrogen-bond donors (Lipinski definition) is 2. The standard InChI is InChI=1S/C13H21N3O4S/c1-20-13-4-3-11(9-12(13)17)10-15-5-2-6-16(8-7-15)21(14,18)19/h3-4,9,17H,2,5-8,10H2,1H3,(H2,14,18,19). The van der Waals surface area contributed by atoms with Crippen LogP contribution in [0.2, 0.25) is 0 Å². The summed E-state index contributed by atoms with van der Waals surface area (Å²) in [5, 5.41) is 14.9. The number of phenolic OH excluding ortho intramolecular Hbond substituents is 1. The molecule has 0 spiro atoms. The Kier molecular flexibility index (Phi) is 5.04. The molecule has 0 radical (unpaired) electrons. The van der Waals surface area contributed by atoms with Crippen LogP contribution in [0.4, 0.5) is 0 Å². The van der Waals surface area contributed by atoms with Gasteiger partial charge in [0.2, 0.25) is 0 Å². The molecular formula is C13H21N3O4S. The topological polar surface area (TPSA) is 96.1 Å². The van der Waals surface area contributed by atoms with Crippen LogP contribution in [-0.4, -0.2) is 56.0 Å². The Morgan fingerprint density at radius 2 is 2.05 bits per heavy atom. The molecule has 118 valence electrons. The number of rotatable bonds is 4. The van der Waals surface area contributed by atoms with Crippen LogP contribution in [0.5, 0.6) is 11.5 Å². The Morgan fingerprint density at radius 1 is 1.29 bits per heavy atom. The van der Waals surface area contributed by atoms with E-state index in [1.54, 1.807) is 12.1 Å². The predicted octanol–water partition coefficient (Wildman–Crippen LogP) is 0.112. The molecule has 1 aliphatic heterocycles. The molecule has 1 saturated heterocycles. The summed E-state index contributed by atoms with van der Waals surface area (Å²) in [6.07, 6.45) is 0.735. The molecule has 0 saturated carbocycles. The van der Waals surface area contributed by atoms with Crippen molar-refractivity contribution >= 4 is 10.2 Å². The van der Waals surface area contributed by atoms with Crippen molar-refractivity contribution in [1.82, 2.24) is 9.21 Å². The molecule has 2 rings (SSSR count). The van der Waals surface area contributed by atoms with E-state index < -0.39 is 10.2 Å². The maximum Gasteiger partial charge on any atom is 0.276 e. The lowest BCUT2D eigenvalue weighted by atomic mass is 10.2. The number of ether oxygens (including phenoxy) is 1. The number of nitrogens with zero attached hydrogens (tertiary/aromatic N) is 2. The molecule has 1 aromatic rings. The fourth-order valence-corrected chi connectivity index (χ4v) is 3.17. The van der Waals surface area contributed by atoms with Crippen LogP contribution in [-0.2, 0) is 16.8 Å². The minimum Gasteiger partial charge on any atom is -0.504 e. The van der Waals surface area contributed by atoms with Crippen LogP contribution >= 0.6 is 0 Å². The fraction of sp³-hybridized carbons (Fsp3) is 0.538. The van der Waals surface area contributed by atoms with E-state index in [0.29, 0.717) is 31.9 Å². The van der Waals surface area contributed by atoms with Gasteiger partial charge in [-0.3, -0.25) is 4.90 Å². The van der Waals surface area contributed by atoms with Crippen LogP contribution < -0.4 is 9.88 Å². The second-order valence-corrected chi connectivity index (χ2v) is 6.63. The van der Waals surface area contributed by atoms with Gasteiger partial charge in [0.15, 0.2) is 11.5 Å². The molecule has 0 unspecified atom stereocenters. The molecule has 8 heteroatoms. The van der Waals surface area contributed by atoms with Gasteiger partial charge in [-0.2, -0.15) is 12.7 Å². The van der Waals surface area contributed by atoms with Crippen molar-refractivity contribution in [2.75, 3.05) is 33.3 Å². The zero-order valence-electron chi connectivity index (χ0n) is 12.0. The van der Waals surface area contributed by atoms with E-state index in [2.05, 4.69) is 4.90 Å². The van der Waals surface area contributed by atoms with Gasteiger partial charge in [-0.1, -0.05) is 6.07 Å². The molecule has 0 bridgehead atoms. The molecular weight excluding hydrogens is 294 g/mol. The highest BCUT2D eigenvalue weighted by Gasteiger charge is 2.21. The molecule has 1 heterocycles. The summed E-state index contributed by atoms with van der Waals surface area (Å²) in [5.74, 6) is 0.547. The first kappa shape index (κ1) is 16.0. The maximum absolute atomic E-state index is 11.4. The first-order valence-corrected chi connectivity index (χ1v) is 8.26. The zero-order valence-corrected chi connectivity index (χ0v) is 12.8. The molecule has 1 aliphatic rings. The molecule has 3 N–H and O–H groups in total. The van der Waals surface area contributed by atoms with E-state index in [0.717, 1.165) is 18.5 Å². The molecule has 21 heavy (non-hydrogen) atoms. The minimum atomic E-state index is -3.61. The molecule has 0 atom stereocenters. The Morgan fingerprint density at radius 3 is 2.67 bits per heavy atom. The van der Waals surface area contributed by atoms with Gasteiger partial charge in [0.25, 0.3) is 10.2 Å². The molecule has 0 aromatic heterocycles. The minimum absolute atomic E-state index is 0.107. The molecule has 1 fully saturated rings. The third-order valence-electron chi connectivity index (χ3n) is 3.56. The summed E-state index contributed by atoms with van der Waals surface area (Å²) in [7, 11) is -2.11. The number of nitrogens with two attached hydrogens (primary N) is 1. The van der Waals surface area contributed by atoms with Crippen molar-refractivity contribution in [2.45, 2.75) is 13.0 Å². The fourth-order valence-electron chi connectivity index (χ4n) is 2.45. The van der Waals surface area contributed by atoms with Gasteiger partial charge >= 0.3 is 0 Å². The summed E-state index contributed by atoms with van der Waals surface area (Å²) in [4.78, 5) is 2.15. The molecule has 0 aliphatic carbocycles. The van der Waals surface area contributed by atoms with Crippen LogP contribution in [0.1, 0.15) is 12.0 Å². The number of aromatic hydroxyl groups is 1. The van der Waals surface area contributed by atoms with Gasteiger partial charge in [0.1, 0.15) is 0 Å². The van der Waals surface area contributed by atoms with Crippen LogP contribution in [0, 0.1) is 0 Å². The zero-order chi connectivity index (χ0) is 15.5. The first-order valence-electron chi connectivity index (χ1n) is 6.76. The number of methoxy groups -OCH3 is 1. The van der Waals surface area contributed by atoms with Gasteiger partial charge in [0.05, 0.1) is 7.11 Å². The smallest absolute Gasteiger partial charge is 0.276 e. The van der Waals surface area contributed by atoms with Crippen LogP contribution in [0.3, 0.4) is 0 Å². The van der Waals surface area contributed by atoms with Crippen molar-refractivity contribution in [3.63, 3.8) is 0 Å². The Bertz CT molecular complexity index is 591. The largest absolute Gasteiger partial charge is 0.504 e. The predicted molar refractivity (Wildman–Crippen MR) is 79.2 cm³/mol. The highest BCUT2D eigenvalue weighted by Crippen LogP contribution is 2.26. The Balaban J connectivity index is 1.99. The van der Waals surface area contributed by atoms with Gasteiger partial charge in [-0.15, -0.1) is 0 Å². The van der Waals surface area contributed by atoms with E-state index in [-0.39, 0.29) is 5.75 Å². The van der Waals surface area contributed by atoms with Crippen molar-refractivity contribution in [3.05, 3.63) is 23.8 Å². The first-order chi connectivity index (χ1) is 9.90. The van der Waals surface area contributed by atoms with Crippen LogP contribution in [0.25, 0.3) is 0 Å². The van der Waals surface area contributed by atoms with Crippen molar-refractivity contribution in [2.24, 2.45) is 5.14 Å². The summed E-state index contributed by atoms with van der Waals surface area (Å²) in [5.41, 5.74) is 0.956. The maximum atomic E-state index is 11.4. The van der Waals surface area contributed by atoms with Gasteiger partial charge in [0, 0.05) is 26.2 Å². The normalized spacial score (nSPS) is 18.4. The van der Waals surface area contributed by atoms with E-state index in [4.69, 9.17) is 9.88 Å². The quantitative estimate of drug-likeness (QED) is 0.822. The molecule has 0 amide bonds. The highest BCUT2D eigenvalue weighted by atomic mass is 32.2. The molecule has 1 aromatic carbocycles. The summed E-state index contributed by atoms with van der Waals surface area (Å²) in [6, 6.07) is 5.28. The third kappa shape index (κ3) is 4.31. The SMILES string of the molecule is COc1ccc(CN2CCCN(S(N)(=O)=O)CC2)cc1O. The van der Waals surface area contributed by atoms with Crippen LogP contribution in [0.15, 0.2) is 18.2 Å². The van der Waals surface area contributed by atoms with Crippen molar-refractivity contribution < 1.29 is 18.3 Å². The van der Waals surface area contributed by atoms with E-state index in [9.17, 15) is 13.5 Å². The summed E-state index contributed by atoms with van der Waals surface area (Å²) < 4.78 is 29.0. The third-order valence-corrected chi connectivity index (χ3v) is 4.64. The molecule has 7 nitrogen and oxygen atoms in total. The van der Waals surface area contributed by atoms with E-state index in [1.165, 1.54) is 11.4 Å². The second-order valence-electron chi connectivity index (χ2n) is 5.08. The number of hydrogen-bond acceptors (Lipinski definition) is 5. The lowest BCUT2D eigenvalue weighted by Gasteiger charge is -2.20. The van der Waals surface area contributed by atoms with E-state index in [1.807, 2.05) is 6.07 Å². The van der Waals surface area contributed by atoms with Crippen molar-refractivity contribution in [1.29, 1.82) is 0 Å². The Labute approximate surface area is 125 Å². The lowest BCUT2D eigenvalue weighted by molar-refractivity contribution is 0.278. The van der Waals surface area contributed by atoms with Crippen molar-refractivity contribution in [3.8, 4) is 11.5 Å². The summed E-state index contributed by atoms with van der Waals surface area (Å²) in [6.45, 7) is 2.89. The van der Waals surface area contributed by atoms with Gasteiger partial charge in [-0.05, 0) is 30.7 Å². The monoisotopic (exact) mass is 315 g/mol. The Hall–Kier alpha value is -1.35. The second kappa shape index (κ2) is 6.61. The van der Waals surface area contributed by atoms with Gasteiger partial charge < -0.3 is 9.84 Å². The summed E-state index contributed by atoms with van der Waals surface area (Å²) >= 11 is 0. The average Bonchev–Trinajstić information content (AvgIpc) is 2.64.